The van der Waals surface area contributed by atoms with Crippen molar-refractivity contribution in [3.05, 3.63) is 57.0 Å². The summed E-state index contributed by atoms with van der Waals surface area (Å²) in [6.07, 6.45) is 2.85. The molecule has 0 aliphatic rings. The molecule has 2 aromatic heterocycles. The minimum atomic E-state index is -0.538. The molecule has 0 saturated heterocycles. The average molecular weight is 443 g/mol. The normalized spacial score (nSPS) is 11.5. The Morgan fingerprint density at radius 1 is 1.19 bits per heavy atom. The smallest absolute Gasteiger partial charge is 0.338 e. The van der Waals surface area contributed by atoms with Crippen LogP contribution in [0.3, 0.4) is 0 Å². The highest BCUT2D eigenvalue weighted by Crippen LogP contribution is 2.18. The van der Waals surface area contributed by atoms with Crippen LogP contribution in [0, 0.1) is 5.41 Å². The molecule has 3 rings (SSSR count). The molecule has 0 aliphatic carbocycles. The zero-order chi connectivity index (χ0) is 22.6. The van der Waals surface area contributed by atoms with Gasteiger partial charge in [-0.2, -0.15) is 9.61 Å². The Hall–Kier alpha value is -3.07. The van der Waals surface area contributed by atoms with Gasteiger partial charge < -0.3 is 10.1 Å². The molecule has 0 radical (unpaired) electrons. The quantitative estimate of drug-likeness (QED) is 0.558. The van der Waals surface area contributed by atoms with Crippen molar-refractivity contribution in [2.45, 2.75) is 53.6 Å². The second-order valence-electron chi connectivity index (χ2n) is 8.24. The predicted molar refractivity (Wildman–Crippen MR) is 119 cm³/mol. The molecule has 0 bridgehead atoms. The van der Waals surface area contributed by atoms with Crippen molar-refractivity contribution >= 4 is 33.9 Å². The summed E-state index contributed by atoms with van der Waals surface area (Å²) >= 11 is 1.37. The second kappa shape index (κ2) is 9.38. The van der Waals surface area contributed by atoms with Gasteiger partial charge in [-0.15, -0.1) is 0 Å². The minimum absolute atomic E-state index is 0.114. The maximum atomic E-state index is 12.4. The fraction of sp³-hybridized carbons (Fsp3) is 0.409. The van der Waals surface area contributed by atoms with Crippen LogP contribution < -0.4 is 10.9 Å². The molecule has 9 heteroatoms. The lowest BCUT2D eigenvalue weighted by atomic mass is 9.95. The molecule has 2 heterocycles. The Labute approximate surface area is 184 Å². The van der Waals surface area contributed by atoms with Gasteiger partial charge in [0.1, 0.15) is 11.6 Å². The topological polar surface area (TPSA) is 103 Å². The van der Waals surface area contributed by atoms with Crippen LogP contribution >= 0.6 is 11.3 Å². The number of hydrogen-bond acceptors (Lipinski definition) is 7. The van der Waals surface area contributed by atoms with E-state index in [4.69, 9.17) is 4.74 Å². The maximum absolute atomic E-state index is 12.4. The Bertz CT molecular complexity index is 1140. The number of fused-ring (bicyclic) bond motifs is 1. The number of rotatable bonds is 7. The highest BCUT2D eigenvalue weighted by Gasteiger charge is 2.21. The van der Waals surface area contributed by atoms with Gasteiger partial charge in [0.25, 0.3) is 5.56 Å². The lowest BCUT2D eigenvalue weighted by Gasteiger charge is -2.17. The highest BCUT2D eigenvalue weighted by molar-refractivity contribution is 7.16. The molecule has 8 nitrogen and oxygen atoms in total. The third kappa shape index (κ3) is 5.75. The molecule has 164 valence electrons. The molecular formula is C22H26N4O4S. The first-order chi connectivity index (χ1) is 14.7. The number of aryl methyl sites for hydroxylation is 1. The first-order valence-electron chi connectivity index (χ1n) is 10.1. The average Bonchev–Trinajstić information content (AvgIpc) is 3.14. The summed E-state index contributed by atoms with van der Waals surface area (Å²) in [6.45, 7) is 7.45. The Kier molecular flexibility index (Phi) is 6.84. The number of hydrogen-bond donors (Lipinski definition) is 1. The van der Waals surface area contributed by atoms with Crippen molar-refractivity contribution < 1.29 is 14.3 Å². The Morgan fingerprint density at radius 3 is 2.55 bits per heavy atom. The van der Waals surface area contributed by atoms with E-state index in [0.717, 1.165) is 24.3 Å². The Morgan fingerprint density at radius 2 is 1.90 bits per heavy atom. The fourth-order valence-corrected chi connectivity index (χ4v) is 3.59. The fourth-order valence-electron chi connectivity index (χ4n) is 2.63. The van der Waals surface area contributed by atoms with Gasteiger partial charge in [-0.1, -0.05) is 45.5 Å². The van der Waals surface area contributed by atoms with E-state index in [1.807, 2.05) is 20.8 Å². The number of ether oxygens (including phenoxy) is 1. The molecule has 0 atom stereocenters. The summed E-state index contributed by atoms with van der Waals surface area (Å²) in [5.74, 6) is -0.653. The number of nitrogens with one attached hydrogen (secondary N) is 1. The number of aromatic nitrogens is 3. The van der Waals surface area contributed by atoms with Crippen molar-refractivity contribution in [3.8, 4) is 0 Å². The third-order valence-electron chi connectivity index (χ3n) is 4.49. The van der Waals surface area contributed by atoms with Crippen LogP contribution in [0.5, 0.6) is 0 Å². The van der Waals surface area contributed by atoms with Gasteiger partial charge in [0, 0.05) is 23.6 Å². The maximum Gasteiger partial charge on any atom is 0.338 e. The number of carbonyl (C=O) groups excluding carboxylic acids is 2. The van der Waals surface area contributed by atoms with Crippen LogP contribution in [0.1, 0.15) is 61.6 Å². The van der Waals surface area contributed by atoms with E-state index in [1.165, 1.54) is 21.9 Å². The van der Waals surface area contributed by atoms with E-state index in [2.05, 4.69) is 22.3 Å². The molecule has 1 amide bonds. The van der Waals surface area contributed by atoms with Crippen LogP contribution in [0.25, 0.3) is 4.96 Å². The van der Waals surface area contributed by atoms with Crippen molar-refractivity contribution in [1.82, 2.24) is 14.6 Å². The number of anilines is 1. The lowest BCUT2D eigenvalue weighted by molar-refractivity contribution is -0.123. The van der Waals surface area contributed by atoms with Crippen LogP contribution in [-0.4, -0.2) is 26.5 Å². The molecular weight excluding hydrogens is 416 g/mol. The van der Waals surface area contributed by atoms with Crippen LogP contribution in [0.2, 0.25) is 0 Å². The largest absolute Gasteiger partial charge is 0.456 e. The van der Waals surface area contributed by atoms with Crippen molar-refractivity contribution in [1.29, 1.82) is 0 Å². The summed E-state index contributed by atoms with van der Waals surface area (Å²) in [5, 5.41) is 7.96. The molecule has 0 unspecified atom stereocenters. The van der Waals surface area contributed by atoms with Gasteiger partial charge >= 0.3 is 5.97 Å². The molecule has 0 fully saturated rings. The predicted octanol–water partition coefficient (Wildman–Crippen LogP) is 3.84. The standard InChI is InChI=1S/C22H26N4O4S/c1-5-6-7-17-25-26-18(27)12-16(24-21(26)31-17)13-30-19(28)14-8-10-15(11-9-14)23-20(29)22(2,3)4/h8-12H,5-7,13H2,1-4H3,(H,23,29). The van der Waals surface area contributed by atoms with E-state index in [1.54, 1.807) is 24.3 Å². The van der Waals surface area contributed by atoms with Gasteiger partial charge in [-0.3, -0.25) is 9.59 Å². The monoisotopic (exact) mass is 442 g/mol. The molecule has 0 aliphatic heterocycles. The molecule has 31 heavy (non-hydrogen) atoms. The highest BCUT2D eigenvalue weighted by atomic mass is 32.1. The van der Waals surface area contributed by atoms with Crippen LogP contribution in [-0.2, 0) is 22.6 Å². The summed E-state index contributed by atoms with van der Waals surface area (Å²) in [6, 6.07) is 7.78. The zero-order valence-corrected chi connectivity index (χ0v) is 18.9. The van der Waals surface area contributed by atoms with E-state index >= 15 is 0 Å². The van der Waals surface area contributed by atoms with Gasteiger partial charge in [-0.05, 0) is 30.7 Å². The first kappa shape index (κ1) is 22.6. The molecule has 1 N–H and O–H groups in total. The van der Waals surface area contributed by atoms with Crippen LogP contribution in [0.4, 0.5) is 5.69 Å². The van der Waals surface area contributed by atoms with Gasteiger partial charge in [0.15, 0.2) is 0 Å². The minimum Gasteiger partial charge on any atom is -0.456 e. The first-order valence-corrected chi connectivity index (χ1v) is 11.0. The molecule has 3 aromatic rings. The van der Waals surface area contributed by atoms with Gasteiger partial charge in [0.05, 0.1) is 11.3 Å². The summed E-state index contributed by atoms with van der Waals surface area (Å²) < 4.78 is 6.60. The van der Waals surface area contributed by atoms with Gasteiger partial charge in [0.2, 0.25) is 10.9 Å². The molecule has 0 spiro atoms. The van der Waals surface area contributed by atoms with E-state index in [9.17, 15) is 14.4 Å². The molecule has 1 aromatic carbocycles. The summed E-state index contributed by atoms with van der Waals surface area (Å²) in [5.41, 5.74) is 0.498. The SMILES string of the molecule is CCCCc1nn2c(=O)cc(COC(=O)c3ccc(NC(=O)C(C)(C)C)cc3)nc2s1. The van der Waals surface area contributed by atoms with E-state index in [0.29, 0.717) is 21.9 Å². The zero-order valence-electron chi connectivity index (χ0n) is 18.1. The number of unbranched alkanes of at least 4 members (excludes halogenated alkanes) is 1. The van der Waals surface area contributed by atoms with Crippen molar-refractivity contribution in [2.75, 3.05) is 5.32 Å². The summed E-state index contributed by atoms with van der Waals surface area (Å²) in [4.78, 5) is 41.6. The van der Waals surface area contributed by atoms with E-state index in [-0.39, 0.29) is 18.1 Å². The third-order valence-corrected chi connectivity index (χ3v) is 5.46. The van der Waals surface area contributed by atoms with E-state index < -0.39 is 11.4 Å². The second-order valence-corrected chi connectivity index (χ2v) is 9.28. The number of carbonyl (C=O) groups is 2. The lowest BCUT2D eigenvalue weighted by Crippen LogP contribution is -2.27. The summed E-state index contributed by atoms with van der Waals surface area (Å²) in [7, 11) is 0. The number of amides is 1. The number of nitrogens with zero attached hydrogens (tertiary/aromatic N) is 3. The van der Waals surface area contributed by atoms with Crippen LogP contribution in [0.15, 0.2) is 35.1 Å². The number of esters is 1. The van der Waals surface area contributed by atoms with Crippen molar-refractivity contribution in [2.24, 2.45) is 5.41 Å². The number of benzene rings is 1. The Balaban J connectivity index is 1.64. The molecule has 0 saturated carbocycles. The van der Waals surface area contributed by atoms with Crippen molar-refractivity contribution in [3.63, 3.8) is 0 Å². The van der Waals surface area contributed by atoms with Gasteiger partial charge in [-0.25, -0.2) is 9.78 Å².